The van der Waals surface area contributed by atoms with Crippen molar-refractivity contribution in [1.82, 2.24) is 20.2 Å². The molecule has 0 bridgehead atoms. The fourth-order valence-electron chi connectivity index (χ4n) is 2.26. The lowest BCUT2D eigenvalue weighted by atomic mass is 10.1. The van der Waals surface area contributed by atoms with Gasteiger partial charge in [0.25, 0.3) is 15.0 Å². The molecule has 0 radical (unpaired) electrons. The minimum Gasteiger partial charge on any atom is -0.224 e. The Hall–Kier alpha value is -2.75. The SMILES string of the molecule is Cc1cc(F)c(C(F)S(=O)(=O)c2nnnn2-c2ccccc2)c(F)c1. The van der Waals surface area contributed by atoms with Crippen molar-refractivity contribution in [2.75, 3.05) is 0 Å². The molecule has 2 aromatic carbocycles. The van der Waals surface area contributed by atoms with Gasteiger partial charge in [-0.25, -0.2) is 21.6 Å². The highest BCUT2D eigenvalue weighted by molar-refractivity contribution is 7.91. The number of para-hydroxylation sites is 1. The van der Waals surface area contributed by atoms with Crippen molar-refractivity contribution in [2.45, 2.75) is 17.6 Å². The summed E-state index contributed by atoms with van der Waals surface area (Å²) in [6.45, 7) is 1.40. The number of rotatable bonds is 4. The van der Waals surface area contributed by atoms with Crippen molar-refractivity contribution >= 4 is 9.84 Å². The van der Waals surface area contributed by atoms with E-state index in [1.54, 1.807) is 18.2 Å². The third kappa shape index (κ3) is 3.00. The van der Waals surface area contributed by atoms with Gasteiger partial charge in [-0.2, -0.15) is 4.68 Å². The smallest absolute Gasteiger partial charge is 0.224 e. The zero-order valence-corrected chi connectivity index (χ0v) is 13.6. The van der Waals surface area contributed by atoms with Gasteiger partial charge >= 0.3 is 0 Å². The first-order chi connectivity index (χ1) is 11.8. The Morgan fingerprint density at radius 3 is 2.28 bits per heavy atom. The minimum absolute atomic E-state index is 0.192. The molecule has 130 valence electrons. The van der Waals surface area contributed by atoms with Gasteiger partial charge in [0.05, 0.1) is 11.3 Å². The summed E-state index contributed by atoms with van der Waals surface area (Å²) in [4.78, 5) is 0. The highest BCUT2D eigenvalue weighted by atomic mass is 32.2. The monoisotopic (exact) mass is 368 g/mol. The van der Waals surface area contributed by atoms with Crippen LogP contribution in [0.1, 0.15) is 16.6 Å². The van der Waals surface area contributed by atoms with Crippen LogP contribution in [-0.2, 0) is 9.84 Å². The fraction of sp³-hybridized carbons (Fsp3) is 0.133. The molecular weight excluding hydrogens is 357 g/mol. The van der Waals surface area contributed by atoms with Crippen LogP contribution in [0.5, 0.6) is 0 Å². The number of nitrogens with zero attached hydrogens (tertiary/aromatic N) is 4. The maximum Gasteiger partial charge on any atom is 0.275 e. The van der Waals surface area contributed by atoms with Crippen molar-refractivity contribution in [2.24, 2.45) is 0 Å². The third-order valence-electron chi connectivity index (χ3n) is 3.42. The van der Waals surface area contributed by atoms with Crippen LogP contribution in [0, 0.1) is 18.6 Å². The average molecular weight is 368 g/mol. The minimum atomic E-state index is -4.91. The van der Waals surface area contributed by atoms with E-state index in [0.29, 0.717) is 0 Å². The Morgan fingerprint density at radius 1 is 1.08 bits per heavy atom. The molecule has 1 heterocycles. The molecule has 10 heteroatoms. The van der Waals surface area contributed by atoms with Crippen molar-refractivity contribution in [3.63, 3.8) is 0 Å². The molecule has 0 spiro atoms. The lowest BCUT2D eigenvalue weighted by molar-refractivity contribution is 0.396. The largest absolute Gasteiger partial charge is 0.275 e. The normalized spacial score (nSPS) is 13.0. The molecule has 6 nitrogen and oxygen atoms in total. The molecule has 0 aliphatic carbocycles. The number of benzene rings is 2. The highest BCUT2D eigenvalue weighted by Gasteiger charge is 2.38. The first-order valence-corrected chi connectivity index (χ1v) is 8.54. The van der Waals surface area contributed by atoms with E-state index in [0.717, 1.165) is 16.8 Å². The van der Waals surface area contributed by atoms with Gasteiger partial charge in [0.2, 0.25) is 5.50 Å². The molecule has 25 heavy (non-hydrogen) atoms. The zero-order chi connectivity index (χ0) is 18.2. The Bertz CT molecular complexity index is 999. The number of aromatic nitrogens is 4. The van der Waals surface area contributed by atoms with E-state index < -0.39 is 37.7 Å². The standard InChI is InChI=1S/C15H11F3N4O2S/c1-9-7-11(16)13(12(17)8-9)14(18)25(23,24)15-19-20-21-22(15)10-5-3-2-4-6-10/h2-8,14H,1H3. The molecule has 0 amide bonds. The molecule has 3 rings (SSSR count). The van der Waals surface area contributed by atoms with Crippen LogP contribution < -0.4 is 0 Å². The van der Waals surface area contributed by atoms with E-state index in [4.69, 9.17) is 0 Å². The molecule has 0 saturated carbocycles. The van der Waals surface area contributed by atoms with Gasteiger partial charge in [0.1, 0.15) is 11.6 Å². The van der Waals surface area contributed by atoms with Gasteiger partial charge in [-0.1, -0.05) is 23.3 Å². The summed E-state index contributed by atoms with van der Waals surface area (Å²) >= 11 is 0. The van der Waals surface area contributed by atoms with Crippen molar-refractivity contribution < 1.29 is 21.6 Å². The number of aryl methyl sites for hydroxylation is 1. The van der Waals surface area contributed by atoms with Gasteiger partial charge in [-0.05, 0) is 47.2 Å². The Balaban J connectivity index is 2.12. The van der Waals surface area contributed by atoms with Gasteiger partial charge in [0, 0.05) is 0 Å². The van der Waals surface area contributed by atoms with Crippen LogP contribution in [0.15, 0.2) is 47.6 Å². The summed E-state index contributed by atoms with van der Waals surface area (Å²) in [7, 11) is -4.91. The third-order valence-corrected chi connectivity index (χ3v) is 4.96. The number of alkyl halides is 1. The Morgan fingerprint density at radius 2 is 1.68 bits per heavy atom. The van der Waals surface area contributed by atoms with E-state index in [1.165, 1.54) is 19.1 Å². The number of halogens is 3. The second kappa shape index (κ2) is 6.28. The first kappa shape index (κ1) is 17.1. The average Bonchev–Trinajstić information content (AvgIpc) is 3.05. The summed E-state index contributed by atoms with van der Waals surface area (Å²) in [6, 6.07) is 9.56. The summed E-state index contributed by atoms with van der Waals surface area (Å²) in [5.41, 5.74) is -3.75. The van der Waals surface area contributed by atoms with Gasteiger partial charge in [0.15, 0.2) is 0 Å². The van der Waals surface area contributed by atoms with Crippen molar-refractivity contribution in [3.05, 3.63) is 65.2 Å². The Labute approximate surface area is 140 Å². The predicted molar refractivity (Wildman–Crippen MR) is 81.3 cm³/mol. The topological polar surface area (TPSA) is 77.7 Å². The molecule has 1 atom stereocenters. The molecule has 1 unspecified atom stereocenters. The maximum absolute atomic E-state index is 14.6. The van der Waals surface area contributed by atoms with Crippen LogP contribution in [0.2, 0.25) is 0 Å². The predicted octanol–water partition coefficient (Wildman–Crippen LogP) is 2.69. The number of tetrazole rings is 1. The zero-order valence-electron chi connectivity index (χ0n) is 12.8. The van der Waals surface area contributed by atoms with E-state index in [2.05, 4.69) is 15.5 Å². The lowest BCUT2D eigenvalue weighted by Gasteiger charge is -2.12. The maximum atomic E-state index is 14.6. The van der Waals surface area contributed by atoms with E-state index in [1.807, 2.05) is 0 Å². The summed E-state index contributed by atoms with van der Waals surface area (Å²) in [5, 5.41) is 9.20. The summed E-state index contributed by atoms with van der Waals surface area (Å²) in [5.74, 6) is -2.60. The molecular formula is C15H11F3N4O2S. The lowest BCUT2D eigenvalue weighted by Crippen LogP contribution is -2.18. The van der Waals surface area contributed by atoms with Crippen LogP contribution in [0.4, 0.5) is 13.2 Å². The van der Waals surface area contributed by atoms with Gasteiger partial charge in [-0.15, -0.1) is 0 Å². The highest BCUT2D eigenvalue weighted by Crippen LogP contribution is 2.33. The second-order valence-electron chi connectivity index (χ2n) is 5.21. The summed E-state index contributed by atoms with van der Waals surface area (Å²) in [6.07, 6.45) is 0. The van der Waals surface area contributed by atoms with E-state index >= 15 is 0 Å². The molecule has 1 aromatic heterocycles. The fourth-order valence-corrected chi connectivity index (χ4v) is 3.52. The first-order valence-electron chi connectivity index (χ1n) is 6.99. The molecule has 0 fully saturated rings. The van der Waals surface area contributed by atoms with E-state index in [9.17, 15) is 21.6 Å². The van der Waals surface area contributed by atoms with Crippen LogP contribution in [0.25, 0.3) is 5.69 Å². The van der Waals surface area contributed by atoms with Crippen LogP contribution >= 0.6 is 0 Å². The number of hydrogen-bond acceptors (Lipinski definition) is 5. The Kier molecular flexibility index (Phi) is 4.29. The molecule has 0 saturated heterocycles. The van der Waals surface area contributed by atoms with Crippen LogP contribution in [0.3, 0.4) is 0 Å². The number of sulfone groups is 1. The number of hydrogen-bond donors (Lipinski definition) is 0. The summed E-state index contributed by atoms with van der Waals surface area (Å²) < 4.78 is 68.4. The van der Waals surface area contributed by atoms with Gasteiger partial charge < -0.3 is 0 Å². The van der Waals surface area contributed by atoms with Gasteiger partial charge in [-0.3, -0.25) is 0 Å². The van der Waals surface area contributed by atoms with Crippen molar-refractivity contribution in [1.29, 1.82) is 0 Å². The van der Waals surface area contributed by atoms with E-state index in [-0.39, 0.29) is 11.3 Å². The molecule has 0 aliphatic rings. The van der Waals surface area contributed by atoms with Crippen LogP contribution in [-0.4, -0.2) is 28.6 Å². The second-order valence-corrected chi connectivity index (χ2v) is 7.08. The van der Waals surface area contributed by atoms with Crippen molar-refractivity contribution in [3.8, 4) is 5.69 Å². The molecule has 3 aromatic rings. The molecule has 0 N–H and O–H groups in total. The quantitative estimate of drug-likeness (QED) is 0.708. The molecule has 0 aliphatic heterocycles.